The fourth-order valence-corrected chi connectivity index (χ4v) is 9.09. The Labute approximate surface area is 179 Å². The molecule has 0 saturated heterocycles. The quantitative estimate of drug-likeness (QED) is 0.516. The van der Waals surface area contributed by atoms with Gasteiger partial charge in [0.15, 0.2) is 0 Å². The van der Waals surface area contributed by atoms with Crippen LogP contribution in [0.2, 0.25) is 0 Å². The zero-order valence-electron chi connectivity index (χ0n) is 19.3. The summed E-state index contributed by atoms with van der Waals surface area (Å²) < 4.78 is 0. The lowest BCUT2D eigenvalue weighted by molar-refractivity contribution is -0.0690. The minimum atomic E-state index is 0.568. The molecular formula is C28H43N. The van der Waals surface area contributed by atoms with Crippen LogP contribution >= 0.6 is 0 Å². The van der Waals surface area contributed by atoms with Gasteiger partial charge >= 0.3 is 0 Å². The van der Waals surface area contributed by atoms with Crippen LogP contribution in [0, 0.1) is 46.8 Å². The first-order chi connectivity index (χ1) is 14.0. The van der Waals surface area contributed by atoms with E-state index in [1.54, 1.807) is 19.3 Å². The summed E-state index contributed by atoms with van der Waals surface area (Å²) in [5.74, 6) is 7.11. The van der Waals surface area contributed by atoms with E-state index in [-0.39, 0.29) is 0 Å². The highest BCUT2D eigenvalue weighted by molar-refractivity contribution is 5.46. The number of rotatable bonds is 3. The fraction of sp³-hybridized carbons (Fsp3) is 0.786. The van der Waals surface area contributed by atoms with Gasteiger partial charge < -0.3 is 4.90 Å². The van der Waals surface area contributed by atoms with E-state index >= 15 is 0 Å². The predicted molar refractivity (Wildman–Crippen MR) is 124 cm³/mol. The van der Waals surface area contributed by atoms with Crippen molar-refractivity contribution >= 4 is 5.69 Å². The molecule has 4 saturated carbocycles. The first-order valence-electron chi connectivity index (χ1n) is 12.8. The maximum atomic E-state index is 2.70. The van der Waals surface area contributed by atoms with E-state index in [2.05, 4.69) is 63.1 Å². The van der Waals surface area contributed by atoms with Crippen LogP contribution in [0.15, 0.2) is 30.3 Å². The van der Waals surface area contributed by atoms with E-state index in [1.165, 1.54) is 44.2 Å². The summed E-state index contributed by atoms with van der Waals surface area (Å²) in [6.45, 7) is 7.72. The summed E-state index contributed by atoms with van der Waals surface area (Å²) in [5.41, 5.74) is 1.95. The van der Waals surface area contributed by atoms with E-state index in [9.17, 15) is 0 Å². The van der Waals surface area contributed by atoms with Gasteiger partial charge in [-0.3, -0.25) is 0 Å². The molecular weight excluding hydrogens is 350 g/mol. The van der Waals surface area contributed by atoms with Gasteiger partial charge in [0.1, 0.15) is 0 Å². The SMILES string of the molecule is C[C@H]1CC[C@@H]2C3CC[C@@]4(C)C(CCC4[C@H](C)N(C)c4ccccc4)[C@@H]3CC[C@@H]2C1. The van der Waals surface area contributed by atoms with Crippen molar-refractivity contribution in [3.8, 4) is 0 Å². The highest BCUT2D eigenvalue weighted by Crippen LogP contribution is 2.65. The van der Waals surface area contributed by atoms with E-state index in [0.29, 0.717) is 11.5 Å². The number of para-hydroxylation sites is 1. The average Bonchev–Trinajstić information content (AvgIpc) is 3.10. The van der Waals surface area contributed by atoms with Crippen molar-refractivity contribution in [1.29, 1.82) is 0 Å². The molecule has 5 rings (SSSR count). The van der Waals surface area contributed by atoms with Crippen LogP contribution < -0.4 is 4.90 Å². The molecule has 1 nitrogen and oxygen atoms in total. The lowest BCUT2D eigenvalue weighted by atomic mass is 9.49. The van der Waals surface area contributed by atoms with Crippen molar-refractivity contribution in [1.82, 2.24) is 0 Å². The molecule has 0 bridgehead atoms. The Hall–Kier alpha value is -0.980. The third-order valence-corrected chi connectivity index (χ3v) is 10.6. The van der Waals surface area contributed by atoms with Gasteiger partial charge in [0.2, 0.25) is 0 Å². The van der Waals surface area contributed by atoms with Gasteiger partial charge in [-0.25, -0.2) is 0 Å². The van der Waals surface area contributed by atoms with Crippen molar-refractivity contribution < 1.29 is 0 Å². The standard InChI is InChI=1S/C28H43N/c1-19-10-12-23-21(18-19)11-13-25-24(23)16-17-28(3)26(14-15-27(25)28)20(2)29(4)22-8-6-5-7-9-22/h5-9,19-21,23-27H,10-18H2,1-4H3/t19-,20-,21+,23-,24?,25+,26?,27?,28+/m0/s1. The largest absolute Gasteiger partial charge is 0.372 e. The molecule has 0 radical (unpaired) electrons. The Morgan fingerprint density at radius 3 is 2.45 bits per heavy atom. The Morgan fingerprint density at radius 2 is 1.66 bits per heavy atom. The van der Waals surface area contributed by atoms with Crippen molar-refractivity contribution in [2.75, 3.05) is 11.9 Å². The molecule has 1 aromatic rings. The lowest BCUT2D eigenvalue weighted by Gasteiger charge is -2.57. The summed E-state index contributed by atoms with van der Waals surface area (Å²) in [4.78, 5) is 2.57. The second-order valence-electron chi connectivity index (χ2n) is 11.8. The summed E-state index contributed by atoms with van der Waals surface area (Å²) >= 11 is 0. The van der Waals surface area contributed by atoms with Crippen LogP contribution in [0.4, 0.5) is 5.69 Å². The van der Waals surface area contributed by atoms with Gasteiger partial charge in [0.25, 0.3) is 0 Å². The van der Waals surface area contributed by atoms with Crippen LogP contribution in [0.1, 0.15) is 78.6 Å². The molecule has 0 aliphatic heterocycles. The van der Waals surface area contributed by atoms with Gasteiger partial charge in [-0.05, 0) is 117 Å². The Morgan fingerprint density at radius 1 is 0.897 bits per heavy atom. The smallest absolute Gasteiger partial charge is 0.0366 e. The first-order valence-corrected chi connectivity index (χ1v) is 12.8. The molecule has 4 aliphatic carbocycles. The molecule has 9 atom stereocenters. The van der Waals surface area contributed by atoms with E-state index < -0.39 is 0 Å². The van der Waals surface area contributed by atoms with Crippen LogP contribution in [0.25, 0.3) is 0 Å². The molecule has 1 heteroatoms. The molecule has 0 aromatic heterocycles. The molecule has 1 aromatic carbocycles. The number of anilines is 1. The monoisotopic (exact) mass is 393 g/mol. The molecule has 0 N–H and O–H groups in total. The lowest BCUT2D eigenvalue weighted by Crippen LogP contribution is -2.51. The Bertz CT molecular complexity index is 698. The van der Waals surface area contributed by atoms with E-state index in [4.69, 9.17) is 0 Å². The van der Waals surface area contributed by atoms with Gasteiger partial charge in [0, 0.05) is 18.8 Å². The predicted octanol–water partition coefficient (Wildman–Crippen LogP) is 7.42. The number of nitrogens with zero attached hydrogens (tertiary/aromatic N) is 1. The number of fused-ring (bicyclic) bond motifs is 5. The topological polar surface area (TPSA) is 3.24 Å². The third kappa shape index (κ3) is 3.26. The minimum absolute atomic E-state index is 0.568. The minimum Gasteiger partial charge on any atom is -0.372 e. The number of hydrogen-bond donors (Lipinski definition) is 0. The van der Waals surface area contributed by atoms with E-state index in [0.717, 1.165) is 41.4 Å². The Balaban J connectivity index is 1.34. The average molecular weight is 394 g/mol. The normalized spacial score (nSPS) is 45.0. The van der Waals surface area contributed by atoms with Gasteiger partial charge in [-0.1, -0.05) is 38.5 Å². The van der Waals surface area contributed by atoms with E-state index in [1.807, 2.05) is 0 Å². The van der Waals surface area contributed by atoms with Crippen LogP contribution in [0.5, 0.6) is 0 Å². The molecule has 4 fully saturated rings. The summed E-state index contributed by atoms with van der Waals surface area (Å²) in [7, 11) is 2.33. The second-order valence-corrected chi connectivity index (χ2v) is 11.8. The summed E-state index contributed by atoms with van der Waals surface area (Å²) in [6.07, 6.45) is 13.7. The van der Waals surface area contributed by atoms with Crippen molar-refractivity contribution in [3.05, 3.63) is 30.3 Å². The number of benzene rings is 1. The highest BCUT2D eigenvalue weighted by atomic mass is 15.1. The molecule has 29 heavy (non-hydrogen) atoms. The van der Waals surface area contributed by atoms with Crippen LogP contribution in [0.3, 0.4) is 0 Å². The molecule has 0 heterocycles. The molecule has 0 amide bonds. The number of hydrogen-bond acceptors (Lipinski definition) is 1. The third-order valence-electron chi connectivity index (χ3n) is 10.6. The molecule has 3 unspecified atom stereocenters. The zero-order chi connectivity index (χ0) is 20.2. The summed E-state index contributed by atoms with van der Waals surface area (Å²) in [6, 6.07) is 11.7. The van der Waals surface area contributed by atoms with Crippen molar-refractivity contribution in [2.24, 2.45) is 46.8 Å². The molecule has 0 spiro atoms. The maximum absolute atomic E-state index is 2.70. The fourth-order valence-electron chi connectivity index (χ4n) is 9.09. The van der Waals surface area contributed by atoms with Gasteiger partial charge in [0.05, 0.1) is 0 Å². The summed E-state index contributed by atoms with van der Waals surface area (Å²) in [5, 5.41) is 0. The van der Waals surface area contributed by atoms with Crippen molar-refractivity contribution in [2.45, 2.75) is 84.6 Å². The van der Waals surface area contributed by atoms with Gasteiger partial charge in [-0.2, -0.15) is 0 Å². The Kier molecular flexibility index (Phi) is 5.24. The first kappa shape index (κ1) is 20.0. The molecule has 4 aliphatic rings. The van der Waals surface area contributed by atoms with Crippen molar-refractivity contribution in [3.63, 3.8) is 0 Å². The van der Waals surface area contributed by atoms with Crippen LogP contribution in [-0.2, 0) is 0 Å². The van der Waals surface area contributed by atoms with Crippen LogP contribution in [-0.4, -0.2) is 13.1 Å². The van der Waals surface area contributed by atoms with Gasteiger partial charge in [-0.15, -0.1) is 0 Å². The second kappa shape index (κ2) is 7.61. The maximum Gasteiger partial charge on any atom is 0.0366 e. The highest BCUT2D eigenvalue weighted by Gasteiger charge is 2.57. The molecule has 160 valence electrons. The zero-order valence-corrected chi connectivity index (χ0v) is 19.3.